The van der Waals surface area contributed by atoms with E-state index in [0.717, 1.165) is 19.4 Å². The molecular formula is C13H18N2O. The molecule has 0 amide bonds. The number of hydrogen-bond donors (Lipinski definition) is 2. The van der Waals surface area contributed by atoms with Crippen molar-refractivity contribution in [2.75, 3.05) is 13.1 Å². The number of fused-ring (bicyclic) bond motifs is 3. The maximum absolute atomic E-state index is 9.51. The van der Waals surface area contributed by atoms with Gasteiger partial charge < -0.3 is 10.8 Å². The van der Waals surface area contributed by atoms with Crippen LogP contribution in [0.1, 0.15) is 30.0 Å². The molecule has 0 bridgehead atoms. The maximum Gasteiger partial charge on any atom is 0.115 e. The number of nitrogens with zero attached hydrogens (tertiary/aromatic N) is 1. The van der Waals surface area contributed by atoms with Gasteiger partial charge in [0, 0.05) is 12.6 Å². The van der Waals surface area contributed by atoms with E-state index in [4.69, 9.17) is 5.73 Å². The van der Waals surface area contributed by atoms with Crippen LogP contribution < -0.4 is 5.73 Å². The second-order valence-corrected chi connectivity index (χ2v) is 4.92. The van der Waals surface area contributed by atoms with E-state index in [0.29, 0.717) is 11.8 Å². The lowest BCUT2D eigenvalue weighted by Gasteiger charge is -2.44. The summed E-state index contributed by atoms with van der Waals surface area (Å²) in [5, 5.41) is 9.51. The van der Waals surface area contributed by atoms with Gasteiger partial charge in [0.2, 0.25) is 0 Å². The molecule has 0 saturated carbocycles. The number of phenols is 1. The van der Waals surface area contributed by atoms with E-state index >= 15 is 0 Å². The van der Waals surface area contributed by atoms with Crippen LogP contribution >= 0.6 is 0 Å². The molecule has 0 aliphatic carbocycles. The van der Waals surface area contributed by atoms with Crippen LogP contribution in [0.15, 0.2) is 18.2 Å². The summed E-state index contributed by atoms with van der Waals surface area (Å²) >= 11 is 0. The molecule has 0 aromatic heterocycles. The van der Waals surface area contributed by atoms with Crippen LogP contribution in [0.2, 0.25) is 0 Å². The molecular weight excluding hydrogens is 200 g/mol. The van der Waals surface area contributed by atoms with Crippen molar-refractivity contribution >= 4 is 0 Å². The molecule has 3 N–H and O–H groups in total. The molecule has 2 aliphatic heterocycles. The predicted octanol–water partition coefficient (Wildman–Crippen LogP) is 1.41. The van der Waals surface area contributed by atoms with Gasteiger partial charge in [0.05, 0.1) is 6.04 Å². The highest BCUT2D eigenvalue weighted by molar-refractivity contribution is 5.39. The summed E-state index contributed by atoms with van der Waals surface area (Å²) in [6, 6.07) is 6.35. The highest BCUT2D eigenvalue weighted by Gasteiger charge is 2.34. The highest BCUT2D eigenvalue weighted by atomic mass is 16.3. The maximum atomic E-state index is 9.51. The minimum absolute atomic E-state index is 0.248. The number of hydrogen-bond acceptors (Lipinski definition) is 3. The van der Waals surface area contributed by atoms with Crippen molar-refractivity contribution in [3.05, 3.63) is 29.3 Å². The second-order valence-electron chi connectivity index (χ2n) is 4.92. The zero-order valence-electron chi connectivity index (χ0n) is 9.39. The normalized spacial score (nSPS) is 29.6. The molecule has 1 saturated heterocycles. The quantitative estimate of drug-likeness (QED) is 0.692. The molecule has 2 aliphatic rings. The minimum atomic E-state index is 0.248. The van der Waals surface area contributed by atoms with Gasteiger partial charge in [0.15, 0.2) is 0 Å². The summed E-state index contributed by atoms with van der Waals surface area (Å²) in [7, 11) is 0. The third-order valence-electron chi connectivity index (χ3n) is 3.90. The van der Waals surface area contributed by atoms with Crippen molar-refractivity contribution in [3.8, 4) is 5.75 Å². The number of rotatable bonds is 0. The van der Waals surface area contributed by atoms with Gasteiger partial charge in [-0.05, 0) is 49.1 Å². The standard InChI is InChI=1S/C13H18N2O/c14-12-2-1-6-15-7-5-9-8-10(16)3-4-11(9)13(12)15/h3-4,8,12-13,16H,1-2,5-7,14H2. The van der Waals surface area contributed by atoms with Gasteiger partial charge in [-0.1, -0.05) is 6.07 Å². The Morgan fingerprint density at radius 1 is 1.31 bits per heavy atom. The van der Waals surface area contributed by atoms with Crippen LogP contribution in [0.5, 0.6) is 5.75 Å². The molecule has 2 heterocycles. The molecule has 3 rings (SSSR count). The molecule has 1 aromatic carbocycles. The Kier molecular flexibility index (Phi) is 2.37. The fraction of sp³-hybridized carbons (Fsp3) is 0.538. The van der Waals surface area contributed by atoms with E-state index in [1.54, 1.807) is 6.07 Å². The van der Waals surface area contributed by atoms with Crippen molar-refractivity contribution in [1.29, 1.82) is 0 Å². The van der Waals surface area contributed by atoms with Gasteiger partial charge in [-0.3, -0.25) is 4.90 Å². The van der Waals surface area contributed by atoms with E-state index in [-0.39, 0.29) is 6.04 Å². The van der Waals surface area contributed by atoms with Crippen molar-refractivity contribution in [2.45, 2.75) is 31.3 Å². The molecule has 0 radical (unpaired) electrons. The van der Waals surface area contributed by atoms with Crippen LogP contribution in [0, 0.1) is 0 Å². The molecule has 86 valence electrons. The monoisotopic (exact) mass is 218 g/mol. The van der Waals surface area contributed by atoms with Crippen LogP contribution in [0.3, 0.4) is 0 Å². The lowest BCUT2D eigenvalue weighted by molar-refractivity contribution is 0.119. The Bertz CT molecular complexity index is 405. The van der Waals surface area contributed by atoms with Gasteiger partial charge in [-0.15, -0.1) is 0 Å². The highest BCUT2D eigenvalue weighted by Crippen LogP contribution is 2.36. The van der Waals surface area contributed by atoms with Gasteiger partial charge >= 0.3 is 0 Å². The lowest BCUT2D eigenvalue weighted by atomic mass is 9.84. The van der Waals surface area contributed by atoms with Crippen molar-refractivity contribution in [2.24, 2.45) is 5.73 Å². The topological polar surface area (TPSA) is 49.5 Å². The minimum Gasteiger partial charge on any atom is -0.508 e. The van der Waals surface area contributed by atoms with Crippen LogP contribution in [0.25, 0.3) is 0 Å². The molecule has 2 unspecified atom stereocenters. The molecule has 1 fully saturated rings. The first kappa shape index (κ1) is 10.1. The van der Waals surface area contributed by atoms with Crippen LogP contribution in [0.4, 0.5) is 0 Å². The fourth-order valence-corrected chi connectivity index (χ4v) is 3.14. The van der Waals surface area contributed by atoms with Crippen LogP contribution in [-0.4, -0.2) is 29.1 Å². The largest absolute Gasteiger partial charge is 0.508 e. The molecule has 3 nitrogen and oxygen atoms in total. The van der Waals surface area contributed by atoms with E-state index in [9.17, 15) is 5.11 Å². The average molecular weight is 218 g/mol. The number of nitrogens with two attached hydrogens (primary N) is 1. The van der Waals surface area contributed by atoms with Gasteiger partial charge in [0.25, 0.3) is 0 Å². The first-order valence-electron chi connectivity index (χ1n) is 6.07. The third-order valence-corrected chi connectivity index (χ3v) is 3.90. The predicted molar refractivity (Wildman–Crippen MR) is 63.3 cm³/mol. The first-order valence-corrected chi connectivity index (χ1v) is 6.07. The summed E-state index contributed by atoms with van der Waals surface area (Å²) in [5.74, 6) is 0.372. The summed E-state index contributed by atoms with van der Waals surface area (Å²) in [6.45, 7) is 2.24. The smallest absolute Gasteiger partial charge is 0.115 e. The molecule has 3 heteroatoms. The second kappa shape index (κ2) is 3.75. The third kappa shape index (κ3) is 1.51. The molecule has 1 aromatic rings. The molecule has 0 spiro atoms. The number of phenolic OH excluding ortho intramolecular Hbond substituents is 1. The van der Waals surface area contributed by atoms with Gasteiger partial charge in [0.1, 0.15) is 5.75 Å². The van der Waals surface area contributed by atoms with E-state index in [2.05, 4.69) is 4.90 Å². The van der Waals surface area contributed by atoms with E-state index in [1.807, 2.05) is 12.1 Å². The molecule has 2 atom stereocenters. The SMILES string of the molecule is NC1CCCN2CCc3cc(O)ccc3C12. The van der Waals surface area contributed by atoms with E-state index < -0.39 is 0 Å². The number of benzene rings is 1. The summed E-state index contributed by atoms with van der Waals surface area (Å²) in [4.78, 5) is 2.49. The Labute approximate surface area is 95.9 Å². The van der Waals surface area contributed by atoms with Crippen molar-refractivity contribution in [3.63, 3.8) is 0 Å². The van der Waals surface area contributed by atoms with Gasteiger partial charge in [-0.25, -0.2) is 0 Å². The number of piperidine rings is 1. The van der Waals surface area contributed by atoms with Crippen molar-refractivity contribution in [1.82, 2.24) is 4.90 Å². The van der Waals surface area contributed by atoms with Gasteiger partial charge in [-0.2, -0.15) is 0 Å². The summed E-state index contributed by atoms with van der Waals surface area (Å²) in [6.07, 6.45) is 3.36. The Morgan fingerprint density at radius 3 is 3.06 bits per heavy atom. The summed E-state index contributed by atoms with van der Waals surface area (Å²) in [5.41, 5.74) is 8.84. The Hall–Kier alpha value is -1.06. The lowest BCUT2D eigenvalue weighted by Crippen LogP contribution is -2.48. The first-order chi connectivity index (χ1) is 7.75. The fourth-order valence-electron chi connectivity index (χ4n) is 3.14. The van der Waals surface area contributed by atoms with Crippen LogP contribution in [-0.2, 0) is 6.42 Å². The zero-order valence-corrected chi connectivity index (χ0v) is 9.39. The average Bonchev–Trinajstić information content (AvgIpc) is 2.29. The van der Waals surface area contributed by atoms with E-state index in [1.165, 1.54) is 24.1 Å². The van der Waals surface area contributed by atoms with Crippen molar-refractivity contribution < 1.29 is 5.11 Å². The number of aromatic hydroxyl groups is 1. The summed E-state index contributed by atoms with van der Waals surface area (Å²) < 4.78 is 0. The zero-order chi connectivity index (χ0) is 11.1. The molecule has 16 heavy (non-hydrogen) atoms. The Morgan fingerprint density at radius 2 is 2.19 bits per heavy atom. The Balaban J connectivity index is 2.02.